The molecule has 3 aromatic rings. The van der Waals surface area contributed by atoms with Crippen LogP contribution >= 0.6 is 0 Å². The molecule has 3 N–H and O–H groups in total. The minimum absolute atomic E-state index is 0.722. The maximum Gasteiger partial charge on any atom is 0.0703 e. The number of hydrogen-bond acceptors (Lipinski definition) is 4. The van der Waals surface area contributed by atoms with Crippen molar-refractivity contribution in [2.75, 3.05) is 11.4 Å². The number of fused-ring (bicyclic) bond motifs is 1. The van der Waals surface area contributed by atoms with Crippen LogP contribution in [0.4, 0.5) is 11.4 Å². The summed E-state index contributed by atoms with van der Waals surface area (Å²) in [6, 6.07) is 20.6. The Kier molecular flexibility index (Phi) is 4.32. The molecule has 110 valence electrons. The number of nitrogens with zero attached hydrogens (tertiary/aromatic N) is 2. The minimum Gasteiger partial charge on any atom is -0.338 e. The average Bonchev–Trinajstić information content (AvgIpc) is 2.59. The Morgan fingerprint density at radius 1 is 1.00 bits per heavy atom. The molecule has 0 saturated carbocycles. The van der Waals surface area contributed by atoms with Gasteiger partial charge in [-0.25, -0.2) is 0 Å². The van der Waals surface area contributed by atoms with Gasteiger partial charge in [-0.05, 0) is 42.5 Å². The number of hydrazine groups is 1. The predicted octanol–water partition coefficient (Wildman–Crippen LogP) is 3.35. The molecule has 0 atom stereocenters. The van der Waals surface area contributed by atoms with Crippen molar-refractivity contribution in [3.63, 3.8) is 0 Å². The van der Waals surface area contributed by atoms with Crippen LogP contribution in [0, 0.1) is 0 Å². The first-order valence-corrected chi connectivity index (χ1v) is 7.17. The predicted molar refractivity (Wildman–Crippen MR) is 91.7 cm³/mol. The highest BCUT2D eigenvalue weighted by Gasteiger charge is 2.08. The number of benzene rings is 2. The normalized spacial score (nSPS) is 11.0. The van der Waals surface area contributed by atoms with E-state index in [1.165, 1.54) is 0 Å². The second-order valence-corrected chi connectivity index (χ2v) is 4.90. The molecule has 0 fully saturated rings. The molecular weight excluding hydrogens is 272 g/mol. The zero-order chi connectivity index (χ0) is 15.2. The Labute approximate surface area is 129 Å². The van der Waals surface area contributed by atoms with Gasteiger partial charge >= 0.3 is 0 Å². The fraction of sp³-hybridized carbons (Fsp3) is 0.0556. The molecule has 0 spiro atoms. The lowest BCUT2D eigenvalue weighted by atomic mass is 10.1. The fourth-order valence-corrected chi connectivity index (χ4v) is 2.42. The fourth-order valence-electron chi connectivity index (χ4n) is 2.42. The number of nitrogens with two attached hydrogens (primary N) is 1. The smallest absolute Gasteiger partial charge is 0.0703 e. The number of hydrogen-bond donors (Lipinski definition) is 2. The van der Waals surface area contributed by atoms with Gasteiger partial charge in [0.25, 0.3) is 0 Å². The molecule has 2 aromatic carbocycles. The van der Waals surface area contributed by atoms with Gasteiger partial charge < -0.3 is 10.3 Å². The lowest BCUT2D eigenvalue weighted by Crippen LogP contribution is -2.19. The van der Waals surface area contributed by atoms with Crippen molar-refractivity contribution in [1.29, 1.82) is 0 Å². The maximum atomic E-state index is 5.30. The molecular formula is C18H18N4. The molecule has 4 heteroatoms. The van der Waals surface area contributed by atoms with Gasteiger partial charge in [0.2, 0.25) is 0 Å². The van der Waals surface area contributed by atoms with Crippen molar-refractivity contribution in [2.24, 2.45) is 5.84 Å². The van der Waals surface area contributed by atoms with E-state index in [1.54, 1.807) is 6.20 Å². The van der Waals surface area contributed by atoms with Gasteiger partial charge in [-0.15, -0.1) is 0 Å². The molecule has 3 rings (SSSR count). The molecule has 1 heterocycles. The van der Waals surface area contributed by atoms with Crippen LogP contribution in [0.1, 0.15) is 0 Å². The molecule has 0 unspecified atom stereocenters. The summed E-state index contributed by atoms with van der Waals surface area (Å²) in [5, 5.41) is 1.13. The van der Waals surface area contributed by atoms with Crippen LogP contribution in [0.3, 0.4) is 0 Å². The minimum atomic E-state index is 0.722. The van der Waals surface area contributed by atoms with Gasteiger partial charge in [-0.3, -0.25) is 10.8 Å². The number of pyridine rings is 1. The molecule has 0 amide bonds. The van der Waals surface area contributed by atoms with Crippen molar-refractivity contribution in [3.8, 4) is 0 Å². The van der Waals surface area contributed by atoms with Crippen LogP contribution in [-0.2, 0) is 0 Å². The van der Waals surface area contributed by atoms with E-state index in [4.69, 9.17) is 5.84 Å². The quantitative estimate of drug-likeness (QED) is 0.559. The zero-order valence-corrected chi connectivity index (χ0v) is 12.2. The summed E-state index contributed by atoms with van der Waals surface area (Å²) in [4.78, 5) is 6.59. The van der Waals surface area contributed by atoms with Gasteiger partial charge in [0, 0.05) is 35.7 Å². The van der Waals surface area contributed by atoms with Crippen LogP contribution < -0.4 is 16.2 Å². The van der Waals surface area contributed by atoms with Gasteiger partial charge in [0.05, 0.1) is 5.52 Å². The van der Waals surface area contributed by atoms with Crippen LogP contribution in [0.5, 0.6) is 0 Å². The number of para-hydroxylation sites is 1. The highest BCUT2D eigenvalue weighted by atomic mass is 15.2. The summed E-state index contributed by atoms with van der Waals surface area (Å²) >= 11 is 0. The average molecular weight is 290 g/mol. The number of anilines is 2. The Morgan fingerprint density at radius 3 is 2.68 bits per heavy atom. The largest absolute Gasteiger partial charge is 0.338 e. The molecule has 22 heavy (non-hydrogen) atoms. The van der Waals surface area contributed by atoms with Gasteiger partial charge in [-0.1, -0.05) is 24.3 Å². The summed E-state index contributed by atoms with van der Waals surface area (Å²) in [5.74, 6) is 5.30. The number of nitrogens with one attached hydrogen (secondary N) is 1. The summed E-state index contributed by atoms with van der Waals surface area (Å²) in [6.45, 7) is 0.722. The monoisotopic (exact) mass is 290 g/mol. The SMILES string of the molecule is NNC=CCN(c1ccccc1)c1ccc2ncccc2c1. The molecule has 0 radical (unpaired) electrons. The van der Waals surface area contributed by atoms with Crippen molar-refractivity contribution in [2.45, 2.75) is 0 Å². The second kappa shape index (κ2) is 6.74. The molecule has 1 aromatic heterocycles. The van der Waals surface area contributed by atoms with E-state index in [0.717, 1.165) is 28.8 Å². The van der Waals surface area contributed by atoms with Crippen LogP contribution in [0.25, 0.3) is 10.9 Å². The Bertz CT molecular complexity index is 768. The van der Waals surface area contributed by atoms with Crippen LogP contribution in [-0.4, -0.2) is 11.5 Å². The first kappa shape index (κ1) is 14.1. The summed E-state index contributed by atoms with van der Waals surface area (Å²) in [5.41, 5.74) is 5.79. The summed E-state index contributed by atoms with van der Waals surface area (Å²) in [6.07, 6.45) is 5.53. The van der Waals surface area contributed by atoms with E-state index in [0.29, 0.717) is 0 Å². The van der Waals surface area contributed by atoms with Crippen LogP contribution in [0.2, 0.25) is 0 Å². The van der Waals surface area contributed by atoms with E-state index in [-0.39, 0.29) is 0 Å². The first-order chi connectivity index (χ1) is 10.9. The van der Waals surface area contributed by atoms with E-state index in [9.17, 15) is 0 Å². The summed E-state index contributed by atoms with van der Waals surface area (Å²) in [7, 11) is 0. The zero-order valence-electron chi connectivity index (χ0n) is 12.2. The van der Waals surface area contributed by atoms with E-state index in [2.05, 4.69) is 45.6 Å². The molecule has 0 bridgehead atoms. The lowest BCUT2D eigenvalue weighted by Gasteiger charge is -2.24. The summed E-state index contributed by atoms with van der Waals surface area (Å²) < 4.78 is 0. The third-order valence-electron chi connectivity index (χ3n) is 3.47. The first-order valence-electron chi connectivity index (χ1n) is 7.17. The standard InChI is InChI=1S/C18H18N4/c19-21-12-5-13-22(16-7-2-1-3-8-16)17-9-10-18-15(14-17)6-4-11-20-18/h1-12,14,21H,13,19H2. The maximum absolute atomic E-state index is 5.30. The topological polar surface area (TPSA) is 54.2 Å². The molecule has 4 nitrogen and oxygen atoms in total. The van der Waals surface area contributed by atoms with E-state index in [1.807, 2.05) is 42.6 Å². The third-order valence-corrected chi connectivity index (χ3v) is 3.47. The molecule has 0 aliphatic rings. The second-order valence-electron chi connectivity index (χ2n) is 4.90. The Balaban J connectivity index is 2.01. The highest BCUT2D eigenvalue weighted by molar-refractivity contribution is 5.83. The number of rotatable bonds is 5. The highest BCUT2D eigenvalue weighted by Crippen LogP contribution is 2.27. The molecule has 0 aliphatic carbocycles. The van der Waals surface area contributed by atoms with Crippen LogP contribution in [0.15, 0.2) is 79.1 Å². The van der Waals surface area contributed by atoms with Gasteiger partial charge in [-0.2, -0.15) is 0 Å². The van der Waals surface area contributed by atoms with Crippen molar-refractivity contribution >= 4 is 22.3 Å². The van der Waals surface area contributed by atoms with Crippen molar-refractivity contribution in [1.82, 2.24) is 10.4 Å². The van der Waals surface area contributed by atoms with Gasteiger partial charge in [0.1, 0.15) is 0 Å². The van der Waals surface area contributed by atoms with Crippen molar-refractivity contribution in [3.05, 3.63) is 79.1 Å². The lowest BCUT2D eigenvalue weighted by molar-refractivity contribution is 0.954. The third kappa shape index (κ3) is 3.07. The van der Waals surface area contributed by atoms with Crippen molar-refractivity contribution < 1.29 is 0 Å². The van der Waals surface area contributed by atoms with Gasteiger partial charge in [0.15, 0.2) is 0 Å². The Morgan fingerprint density at radius 2 is 1.86 bits per heavy atom. The van der Waals surface area contributed by atoms with E-state index >= 15 is 0 Å². The van der Waals surface area contributed by atoms with E-state index < -0.39 is 0 Å². The number of aromatic nitrogens is 1. The molecule has 0 aliphatic heterocycles. The Hall–Kier alpha value is -2.85. The molecule has 0 saturated heterocycles.